The van der Waals surface area contributed by atoms with Gasteiger partial charge in [-0.2, -0.15) is 0 Å². The maximum atomic E-state index is 12.4. The number of nitrogens with zero attached hydrogens (tertiary/aromatic N) is 2. The summed E-state index contributed by atoms with van der Waals surface area (Å²) in [5, 5.41) is 0. The van der Waals surface area contributed by atoms with Gasteiger partial charge < -0.3 is 9.64 Å². The van der Waals surface area contributed by atoms with Gasteiger partial charge in [0.2, 0.25) is 0 Å². The van der Waals surface area contributed by atoms with Gasteiger partial charge in [0.25, 0.3) is 0 Å². The summed E-state index contributed by atoms with van der Waals surface area (Å²) in [5.74, 6) is 0. The Morgan fingerprint density at radius 1 is 1.40 bits per heavy atom. The Bertz CT molecular complexity index is 480. The number of ether oxygens (including phenoxy) is 1. The molecule has 0 N–H and O–H groups in total. The van der Waals surface area contributed by atoms with Gasteiger partial charge >= 0.3 is 6.09 Å². The van der Waals surface area contributed by atoms with Crippen molar-refractivity contribution in [3.8, 4) is 0 Å². The molecular weight excluding hydrogens is 252 g/mol. The molecule has 1 amide bonds. The van der Waals surface area contributed by atoms with E-state index in [1.807, 2.05) is 44.9 Å². The molecule has 1 aliphatic rings. The maximum Gasteiger partial charge on any atom is 0.410 e. The number of rotatable bonds is 1. The van der Waals surface area contributed by atoms with Crippen LogP contribution in [0.5, 0.6) is 0 Å². The van der Waals surface area contributed by atoms with Crippen molar-refractivity contribution >= 4 is 6.09 Å². The topological polar surface area (TPSA) is 42.4 Å². The normalized spacial score (nSPS) is 19.8. The van der Waals surface area contributed by atoms with E-state index >= 15 is 0 Å². The second kappa shape index (κ2) is 5.81. The number of aromatic nitrogens is 1. The van der Waals surface area contributed by atoms with E-state index in [-0.39, 0.29) is 12.1 Å². The first-order valence-electron chi connectivity index (χ1n) is 7.28. The molecule has 1 aromatic rings. The SMILES string of the molecule is Cc1cnccc1[C@H]1CCCCN1C(=O)OC(C)(C)C. The molecule has 1 aromatic heterocycles. The van der Waals surface area contributed by atoms with E-state index < -0.39 is 5.60 Å². The third kappa shape index (κ3) is 3.50. The molecule has 0 aromatic carbocycles. The molecule has 20 heavy (non-hydrogen) atoms. The van der Waals surface area contributed by atoms with Gasteiger partial charge in [0.15, 0.2) is 0 Å². The van der Waals surface area contributed by atoms with Crippen LogP contribution < -0.4 is 0 Å². The van der Waals surface area contributed by atoms with E-state index in [1.54, 1.807) is 6.20 Å². The molecule has 0 bridgehead atoms. The lowest BCUT2D eigenvalue weighted by Gasteiger charge is -2.37. The van der Waals surface area contributed by atoms with E-state index in [4.69, 9.17) is 4.74 Å². The smallest absolute Gasteiger partial charge is 0.410 e. The van der Waals surface area contributed by atoms with E-state index in [2.05, 4.69) is 4.98 Å². The molecule has 4 heteroatoms. The molecule has 0 radical (unpaired) electrons. The van der Waals surface area contributed by atoms with Gasteiger partial charge in [-0.05, 0) is 64.2 Å². The van der Waals surface area contributed by atoms with E-state index in [0.717, 1.165) is 31.4 Å². The fourth-order valence-electron chi connectivity index (χ4n) is 2.65. The third-order valence-corrected chi connectivity index (χ3v) is 3.55. The van der Waals surface area contributed by atoms with Crippen LogP contribution in [0.4, 0.5) is 4.79 Å². The first-order valence-corrected chi connectivity index (χ1v) is 7.28. The van der Waals surface area contributed by atoms with Gasteiger partial charge in [-0.3, -0.25) is 4.98 Å². The molecule has 2 heterocycles. The largest absolute Gasteiger partial charge is 0.444 e. The fourth-order valence-corrected chi connectivity index (χ4v) is 2.65. The highest BCUT2D eigenvalue weighted by Gasteiger charge is 2.31. The Labute approximate surface area is 121 Å². The van der Waals surface area contributed by atoms with Gasteiger partial charge in [-0.25, -0.2) is 4.79 Å². The number of amides is 1. The van der Waals surface area contributed by atoms with Crippen molar-refractivity contribution in [2.24, 2.45) is 0 Å². The molecule has 0 unspecified atom stereocenters. The molecule has 1 atom stereocenters. The van der Waals surface area contributed by atoms with Crippen molar-refractivity contribution in [1.82, 2.24) is 9.88 Å². The maximum absolute atomic E-state index is 12.4. The van der Waals surface area contributed by atoms with Crippen molar-refractivity contribution in [3.05, 3.63) is 29.6 Å². The minimum Gasteiger partial charge on any atom is -0.444 e. The molecule has 0 aliphatic carbocycles. The lowest BCUT2D eigenvalue weighted by molar-refractivity contribution is 0.00945. The van der Waals surface area contributed by atoms with Crippen LogP contribution in [0.1, 0.15) is 57.2 Å². The Kier molecular flexibility index (Phi) is 4.31. The zero-order valence-electron chi connectivity index (χ0n) is 12.8. The van der Waals surface area contributed by atoms with Gasteiger partial charge in [0, 0.05) is 18.9 Å². The van der Waals surface area contributed by atoms with E-state index in [9.17, 15) is 4.79 Å². The summed E-state index contributed by atoms with van der Waals surface area (Å²) >= 11 is 0. The van der Waals surface area contributed by atoms with E-state index in [0.29, 0.717) is 0 Å². The number of piperidine rings is 1. The molecule has 1 saturated heterocycles. The van der Waals surface area contributed by atoms with Crippen LogP contribution in [0, 0.1) is 6.92 Å². The summed E-state index contributed by atoms with van der Waals surface area (Å²) in [6, 6.07) is 2.13. The summed E-state index contributed by atoms with van der Waals surface area (Å²) in [6.07, 6.45) is 6.62. The molecule has 1 aliphatic heterocycles. The molecule has 2 rings (SSSR count). The summed E-state index contributed by atoms with van der Waals surface area (Å²) < 4.78 is 5.54. The monoisotopic (exact) mass is 276 g/mol. The van der Waals surface area contributed by atoms with Gasteiger partial charge in [-0.1, -0.05) is 0 Å². The van der Waals surface area contributed by atoms with Crippen LogP contribution in [0.3, 0.4) is 0 Å². The molecule has 110 valence electrons. The van der Waals surface area contributed by atoms with E-state index in [1.165, 1.54) is 5.56 Å². The number of carbonyl (C=O) groups is 1. The predicted octanol–water partition coefficient (Wildman–Crippen LogP) is 3.85. The quantitative estimate of drug-likeness (QED) is 0.782. The minimum absolute atomic E-state index is 0.113. The van der Waals surface area contributed by atoms with Gasteiger partial charge in [0.05, 0.1) is 6.04 Å². The van der Waals surface area contributed by atoms with Crippen LogP contribution in [-0.2, 0) is 4.74 Å². The third-order valence-electron chi connectivity index (χ3n) is 3.55. The van der Waals surface area contributed by atoms with Gasteiger partial charge in [-0.15, -0.1) is 0 Å². The number of pyridine rings is 1. The molecule has 1 fully saturated rings. The summed E-state index contributed by atoms with van der Waals surface area (Å²) in [4.78, 5) is 18.4. The number of hydrogen-bond acceptors (Lipinski definition) is 3. The second-order valence-corrected chi connectivity index (χ2v) is 6.42. The van der Waals surface area contributed by atoms with Crippen LogP contribution in [0.15, 0.2) is 18.5 Å². The molecule has 0 spiro atoms. The predicted molar refractivity (Wildman–Crippen MR) is 78.5 cm³/mol. The minimum atomic E-state index is -0.452. The number of aryl methyl sites for hydroxylation is 1. The zero-order valence-corrected chi connectivity index (χ0v) is 12.8. The lowest BCUT2D eigenvalue weighted by Crippen LogP contribution is -2.42. The fraction of sp³-hybridized carbons (Fsp3) is 0.625. The van der Waals surface area contributed by atoms with Crippen LogP contribution in [0.2, 0.25) is 0 Å². The second-order valence-electron chi connectivity index (χ2n) is 6.42. The van der Waals surface area contributed by atoms with Crippen molar-refractivity contribution in [3.63, 3.8) is 0 Å². The summed E-state index contributed by atoms with van der Waals surface area (Å²) in [5.41, 5.74) is 1.87. The Morgan fingerprint density at radius 3 is 2.80 bits per heavy atom. The highest BCUT2D eigenvalue weighted by Crippen LogP contribution is 2.33. The zero-order chi connectivity index (χ0) is 14.8. The Balaban J connectivity index is 2.22. The molecule has 0 saturated carbocycles. The van der Waals surface area contributed by atoms with Crippen LogP contribution >= 0.6 is 0 Å². The van der Waals surface area contributed by atoms with Crippen molar-refractivity contribution in [2.45, 2.75) is 58.6 Å². The average Bonchev–Trinajstić information content (AvgIpc) is 2.37. The van der Waals surface area contributed by atoms with Crippen molar-refractivity contribution in [1.29, 1.82) is 0 Å². The number of carbonyl (C=O) groups excluding carboxylic acids is 1. The van der Waals surface area contributed by atoms with Crippen LogP contribution in [0.25, 0.3) is 0 Å². The first-order chi connectivity index (χ1) is 9.38. The molecular formula is C16H24N2O2. The van der Waals surface area contributed by atoms with Crippen molar-refractivity contribution in [2.75, 3.05) is 6.54 Å². The highest BCUT2D eigenvalue weighted by molar-refractivity contribution is 5.69. The Hall–Kier alpha value is -1.58. The van der Waals surface area contributed by atoms with Crippen LogP contribution in [-0.4, -0.2) is 28.1 Å². The number of likely N-dealkylation sites (tertiary alicyclic amines) is 1. The van der Waals surface area contributed by atoms with Gasteiger partial charge in [0.1, 0.15) is 5.60 Å². The average molecular weight is 276 g/mol. The standard InChI is InChI=1S/C16H24N2O2/c1-12-11-17-9-8-13(12)14-7-5-6-10-18(14)15(19)20-16(2,3)4/h8-9,11,14H,5-7,10H2,1-4H3/t14-/m1/s1. The highest BCUT2D eigenvalue weighted by atomic mass is 16.6. The first kappa shape index (κ1) is 14.8. The Morgan fingerprint density at radius 2 is 2.15 bits per heavy atom. The number of hydrogen-bond donors (Lipinski definition) is 0. The summed E-state index contributed by atoms with van der Waals surface area (Å²) in [6.45, 7) is 8.52. The van der Waals surface area contributed by atoms with Crippen molar-refractivity contribution < 1.29 is 9.53 Å². The summed E-state index contributed by atoms with van der Waals surface area (Å²) in [7, 11) is 0. The lowest BCUT2D eigenvalue weighted by atomic mass is 9.94. The molecule has 4 nitrogen and oxygen atoms in total.